The third kappa shape index (κ3) is 4.62. The van der Waals surface area contributed by atoms with Gasteiger partial charge in [-0.15, -0.1) is 0 Å². The summed E-state index contributed by atoms with van der Waals surface area (Å²) in [5.41, 5.74) is 2.35. The molecule has 0 saturated carbocycles. The third-order valence-electron chi connectivity index (χ3n) is 2.65. The van der Waals surface area contributed by atoms with Gasteiger partial charge < -0.3 is 5.11 Å². The van der Waals surface area contributed by atoms with E-state index in [9.17, 15) is 5.11 Å². The highest BCUT2D eigenvalue weighted by molar-refractivity contribution is 5.36. The number of phenolic OH excluding ortho intramolecular Hbond substituents is 1. The van der Waals surface area contributed by atoms with Gasteiger partial charge in [-0.2, -0.15) is 0 Å². The molecule has 0 saturated heterocycles. The van der Waals surface area contributed by atoms with Crippen molar-refractivity contribution < 1.29 is 5.11 Å². The Morgan fingerprint density at radius 1 is 0.778 bits per heavy atom. The van der Waals surface area contributed by atoms with E-state index in [2.05, 4.69) is 39.8 Å². The van der Waals surface area contributed by atoms with E-state index in [1.54, 1.807) is 6.07 Å². The van der Waals surface area contributed by atoms with Crippen LogP contribution in [0.1, 0.15) is 31.9 Å². The molecule has 0 fully saturated rings. The van der Waals surface area contributed by atoms with Crippen LogP contribution in [0.4, 0.5) is 0 Å². The first-order valence-electron chi connectivity index (χ1n) is 6.21. The van der Waals surface area contributed by atoms with E-state index in [4.69, 9.17) is 0 Å². The van der Waals surface area contributed by atoms with Gasteiger partial charge in [0, 0.05) is 0 Å². The standard InChI is InChI=1S/C10H14O.C7H8/c1-10(2,3)8-6-4-5-7-9(8)11;1-7-5-3-2-4-6-7/h4-7,11H,1-3H3;2-6H,1H3. The Balaban J connectivity index is 0.000000199. The number of phenols is 1. The molecule has 0 bridgehead atoms. The van der Waals surface area contributed by atoms with Crippen molar-refractivity contribution in [2.45, 2.75) is 33.1 Å². The molecule has 0 atom stereocenters. The van der Waals surface area contributed by atoms with Crippen LogP contribution in [-0.2, 0) is 5.41 Å². The van der Waals surface area contributed by atoms with E-state index < -0.39 is 0 Å². The van der Waals surface area contributed by atoms with Gasteiger partial charge in [-0.05, 0) is 24.0 Å². The van der Waals surface area contributed by atoms with Crippen LogP contribution in [-0.4, -0.2) is 5.11 Å². The zero-order valence-electron chi connectivity index (χ0n) is 11.6. The number of benzene rings is 2. The smallest absolute Gasteiger partial charge is 0.119 e. The lowest BCUT2D eigenvalue weighted by Gasteiger charge is -2.19. The van der Waals surface area contributed by atoms with E-state index >= 15 is 0 Å². The molecule has 0 aliphatic carbocycles. The molecular formula is C17H22O. The summed E-state index contributed by atoms with van der Waals surface area (Å²) in [5.74, 6) is 0.389. The van der Waals surface area contributed by atoms with Crippen molar-refractivity contribution in [3.05, 3.63) is 65.7 Å². The predicted octanol–water partition coefficient (Wildman–Crippen LogP) is 4.68. The van der Waals surface area contributed by atoms with Gasteiger partial charge in [0.25, 0.3) is 0 Å². The van der Waals surface area contributed by atoms with Crippen LogP contribution < -0.4 is 0 Å². The molecule has 0 radical (unpaired) electrons. The lowest BCUT2D eigenvalue weighted by molar-refractivity contribution is 0.447. The molecule has 0 unspecified atom stereocenters. The van der Waals surface area contributed by atoms with E-state index in [0.717, 1.165) is 5.56 Å². The minimum Gasteiger partial charge on any atom is -0.508 e. The molecule has 0 spiro atoms. The average molecular weight is 242 g/mol. The van der Waals surface area contributed by atoms with Crippen molar-refractivity contribution >= 4 is 0 Å². The first-order chi connectivity index (χ1) is 8.41. The zero-order chi connectivity index (χ0) is 13.6. The average Bonchev–Trinajstić information content (AvgIpc) is 2.30. The van der Waals surface area contributed by atoms with E-state index in [-0.39, 0.29) is 5.41 Å². The quantitative estimate of drug-likeness (QED) is 0.711. The number of para-hydroxylation sites is 1. The molecule has 2 rings (SSSR count). The monoisotopic (exact) mass is 242 g/mol. The number of rotatable bonds is 0. The van der Waals surface area contributed by atoms with Gasteiger partial charge in [0.2, 0.25) is 0 Å². The molecule has 2 aromatic rings. The number of aromatic hydroxyl groups is 1. The van der Waals surface area contributed by atoms with Crippen LogP contribution in [0, 0.1) is 6.92 Å². The van der Waals surface area contributed by atoms with Crippen LogP contribution >= 0.6 is 0 Å². The van der Waals surface area contributed by atoms with Gasteiger partial charge >= 0.3 is 0 Å². The number of aryl methyl sites for hydroxylation is 1. The first-order valence-corrected chi connectivity index (χ1v) is 6.21. The molecular weight excluding hydrogens is 220 g/mol. The van der Waals surface area contributed by atoms with Crippen LogP contribution in [0.15, 0.2) is 54.6 Å². The molecule has 0 heterocycles. The minimum atomic E-state index is 0.0331. The second-order valence-electron chi connectivity index (χ2n) is 5.42. The van der Waals surface area contributed by atoms with Gasteiger partial charge in [-0.3, -0.25) is 0 Å². The van der Waals surface area contributed by atoms with Crippen molar-refractivity contribution in [2.24, 2.45) is 0 Å². The largest absolute Gasteiger partial charge is 0.508 e. The topological polar surface area (TPSA) is 20.2 Å². The molecule has 0 aromatic heterocycles. The second-order valence-corrected chi connectivity index (χ2v) is 5.42. The van der Waals surface area contributed by atoms with Gasteiger partial charge in [-0.1, -0.05) is 74.9 Å². The van der Waals surface area contributed by atoms with E-state index in [0.29, 0.717) is 5.75 Å². The highest BCUT2D eigenvalue weighted by Gasteiger charge is 2.16. The summed E-state index contributed by atoms with van der Waals surface area (Å²) in [6.07, 6.45) is 0. The van der Waals surface area contributed by atoms with Crippen molar-refractivity contribution in [1.29, 1.82) is 0 Å². The normalized spacial score (nSPS) is 10.4. The molecule has 2 aromatic carbocycles. The maximum absolute atomic E-state index is 9.45. The fraction of sp³-hybridized carbons (Fsp3) is 0.294. The fourth-order valence-electron chi connectivity index (χ4n) is 1.64. The highest BCUT2D eigenvalue weighted by Crippen LogP contribution is 2.29. The van der Waals surface area contributed by atoms with E-state index in [1.165, 1.54) is 5.56 Å². The van der Waals surface area contributed by atoms with Crippen LogP contribution in [0.3, 0.4) is 0 Å². The SMILES string of the molecule is CC(C)(C)c1ccccc1O.Cc1ccccc1. The second kappa shape index (κ2) is 6.25. The maximum Gasteiger partial charge on any atom is 0.119 e. The summed E-state index contributed by atoms with van der Waals surface area (Å²) in [5, 5.41) is 9.45. The van der Waals surface area contributed by atoms with Crippen LogP contribution in [0.5, 0.6) is 5.75 Å². The minimum absolute atomic E-state index is 0.0331. The Bertz CT molecular complexity index is 466. The summed E-state index contributed by atoms with van der Waals surface area (Å²) in [6, 6.07) is 17.7. The molecule has 1 heteroatoms. The van der Waals surface area contributed by atoms with Crippen molar-refractivity contribution in [1.82, 2.24) is 0 Å². The zero-order valence-corrected chi connectivity index (χ0v) is 11.6. The summed E-state index contributed by atoms with van der Waals surface area (Å²) in [6.45, 7) is 8.34. The van der Waals surface area contributed by atoms with Crippen molar-refractivity contribution in [3.8, 4) is 5.75 Å². The lowest BCUT2D eigenvalue weighted by atomic mass is 9.86. The Morgan fingerprint density at radius 2 is 1.28 bits per heavy atom. The number of hydrogen-bond donors (Lipinski definition) is 1. The highest BCUT2D eigenvalue weighted by atomic mass is 16.3. The van der Waals surface area contributed by atoms with Crippen LogP contribution in [0.2, 0.25) is 0 Å². The molecule has 1 N–H and O–H groups in total. The van der Waals surface area contributed by atoms with Gasteiger partial charge in [0.05, 0.1) is 0 Å². The predicted molar refractivity (Wildman–Crippen MR) is 78.0 cm³/mol. The molecule has 18 heavy (non-hydrogen) atoms. The van der Waals surface area contributed by atoms with Crippen molar-refractivity contribution in [3.63, 3.8) is 0 Å². The van der Waals surface area contributed by atoms with E-state index in [1.807, 2.05) is 36.4 Å². The summed E-state index contributed by atoms with van der Waals surface area (Å²) < 4.78 is 0. The molecule has 1 nitrogen and oxygen atoms in total. The Labute approximate surface area is 110 Å². The third-order valence-corrected chi connectivity index (χ3v) is 2.65. The summed E-state index contributed by atoms with van der Waals surface area (Å²) in [4.78, 5) is 0. The van der Waals surface area contributed by atoms with Gasteiger partial charge in [0.1, 0.15) is 5.75 Å². The maximum atomic E-state index is 9.45. The lowest BCUT2D eigenvalue weighted by Crippen LogP contribution is -2.10. The Morgan fingerprint density at radius 3 is 1.61 bits per heavy atom. The molecule has 96 valence electrons. The first kappa shape index (κ1) is 14.3. The molecule has 0 aliphatic rings. The summed E-state index contributed by atoms with van der Waals surface area (Å²) >= 11 is 0. The summed E-state index contributed by atoms with van der Waals surface area (Å²) in [7, 11) is 0. The fourth-order valence-corrected chi connectivity index (χ4v) is 1.64. The molecule has 0 aliphatic heterocycles. The van der Waals surface area contributed by atoms with Crippen molar-refractivity contribution in [2.75, 3.05) is 0 Å². The molecule has 0 amide bonds. The van der Waals surface area contributed by atoms with Gasteiger partial charge in [-0.25, -0.2) is 0 Å². The Hall–Kier alpha value is -1.76. The van der Waals surface area contributed by atoms with Gasteiger partial charge in [0.15, 0.2) is 0 Å². The Kier molecular flexibility index (Phi) is 4.96. The van der Waals surface area contributed by atoms with Crippen LogP contribution in [0.25, 0.3) is 0 Å². The number of hydrogen-bond acceptors (Lipinski definition) is 1.